The first-order valence-corrected chi connectivity index (χ1v) is 12.5. The summed E-state index contributed by atoms with van der Waals surface area (Å²) in [7, 11) is 0. The second-order valence-corrected chi connectivity index (χ2v) is 8.58. The van der Waals surface area contributed by atoms with E-state index >= 15 is 0 Å². The summed E-state index contributed by atoms with van der Waals surface area (Å²) in [6.07, 6.45) is 3.66. The van der Waals surface area contributed by atoms with Crippen LogP contribution in [0.15, 0.2) is 96.3 Å². The molecule has 3 aromatic rings. The summed E-state index contributed by atoms with van der Waals surface area (Å²) in [5.41, 5.74) is 2.61. The Bertz CT molecular complexity index is 1300. The Balaban J connectivity index is 1.72. The molecule has 3 aromatic carbocycles. The van der Waals surface area contributed by atoms with Gasteiger partial charge < -0.3 is 19.5 Å². The number of hydrogen-bond donors (Lipinski definition) is 1. The fraction of sp³-hybridized carbons (Fsp3) is 0.226. The average molecular weight is 498 g/mol. The van der Waals surface area contributed by atoms with Gasteiger partial charge in [-0.15, -0.1) is 0 Å². The lowest BCUT2D eigenvalue weighted by molar-refractivity contribution is -0.129. The van der Waals surface area contributed by atoms with Gasteiger partial charge in [0.2, 0.25) is 0 Å². The van der Waals surface area contributed by atoms with Crippen LogP contribution in [0.2, 0.25) is 0 Å². The number of hydrogen-bond acceptors (Lipinski definition) is 5. The normalized spacial score (nSPS) is 15.5. The van der Waals surface area contributed by atoms with Crippen LogP contribution in [0, 0.1) is 0 Å². The van der Waals surface area contributed by atoms with E-state index in [1.54, 1.807) is 23.1 Å². The number of amides is 1. The number of carbonyl (C=O) groups excluding carboxylic acids is 2. The van der Waals surface area contributed by atoms with Crippen molar-refractivity contribution in [1.82, 2.24) is 4.90 Å². The maximum Gasteiger partial charge on any atom is 0.290 e. The molecule has 6 heteroatoms. The molecule has 4 rings (SSSR count). The van der Waals surface area contributed by atoms with E-state index in [0.29, 0.717) is 43.2 Å². The fourth-order valence-corrected chi connectivity index (χ4v) is 4.44. The van der Waals surface area contributed by atoms with Crippen molar-refractivity contribution in [2.24, 2.45) is 0 Å². The van der Waals surface area contributed by atoms with Crippen molar-refractivity contribution in [3.63, 3.8) is 0 Å². The Morgan fingerprint density at radius 2 is 1.57 bits per heavy atom. The highest BCUT2D eigenvalue weighted by Crippen LogP contribution is 2.41. The number of ether oxygens (including phenoxy) is 2. The maximum atomic E-state index is 13.4. The van der Waals surface area contributed by atoms with Gasteiger partial charge in [-0.2, -0.15) is 0 Å². The van der Waals surface area contributed by atoms with Crippen LogP contribution in [-0.4, -0.2) is 41.5 Å². The van der Waals surface area contributed by atoms with Crippen molar-refractivity contribution in [3.05, 3.63) is 113 Å². The molecule has 0 fully saturated rings. The summed E-state index contributed by atoms with van der Waals surface area (Å²) in [4.78, 5) is 28.2. The number of carbonyl (C=O) groups is 2. The Morgan fingerprint density at radius 1 is 0.919 bits per heavy atom. The lowest BCUT2D eigenvalue weighted by atomic mass is 9.95. The van der Waals surface area contributed by atoms with Gasteiger partial charge in [-0.25, -0.2) is 0 Å². The van der Waals surface area contributed by atoms with E-state index in [2.05, 4.69) is 0 Å². The molecule has 0 saturated carbocycles. The summed E-state index contributed by atoms with van der Waals surface area (Å²) in [5, 5.41) is 10.9. The smallest absolute Gasteiger partial charge is 0.290 e. The van der Waals surface area contributed by atoms with Gasteiger partial charge in [-0.05, 0) is 55.2 Å². The van der Waals surface area contributed by atoms with Gasteiger partial charge in [-0.3, -0.25) is 9.59 Å². The van der Waals surface area contributed by atoms with E-state index in [9.17, 15) is 14.7 Å². The molecule has 0 aromatic heterocycles. The number of ketones is 1. The monoisotopic (exact) mass is 497 g/mol. The molecule has 190 valence electrons. The van der Waals surface area contributed by atoms with Gasteiger partial charge in [0.05, 0.1) is 24.8 Å². The average Bonchev–Trinajstić information content (AvgIpc) is 3.18. The van der Waals surface area contributed by atoms with Gasteiger partial charge in [0.1, 0.15) is 0 Å². The second kappa shape index (κ2) is 12.1. The molecule has 0 spiro atoms. The molecule has 1 atom stereocenters. The first-order chi connectivity index (χ1) is 18.0. The molecule has 0 radical (unpaired) electrons. The number of rotatable bonds is 11. The van der Waals surface area contributed by atoms with Crippen molar-refractivity contribution in [1.29, 1.82) is 0 Å². The number of aliphatic hydroxyl groups excluding tert-OH is 1. The largest absolute Gasteiger partial charge is 0.503 e. The number of aliphatic hydroxyl groups is 1. The molecule has 0 aliphatic carbocycles. The Labute approximate surface area is 217 Å². The molecule has 1 heterocycles. The van der Waals surface area contributed by atoms with E-state index in [0.717, 1.165) is 11.1 Å². The van der Waals surface area contributed by atoms with E-state index in [1.165, 1.54) is 6.08 Å². The predicted molar refractivity (Wildman–Crippen MR) is 144 cm³/mol. The van der Waals surface area contributed by atoms with Crippen LogP contribution in [0.3, 0.4) is 0 Å². The Hall–Kier alpha value is -4.32. The molecule has 1 N–H and O–H groups in total. The lowest BCUT2D eigenvalue weighted by Gasteiger charge is -2.27. The van der Waals surface area contributed by atoms with E-state index in [-0.39, 0.29) is 5.57 Å². The number of benzene rings is 3. The van der Waals surface area contributed by atoms with Crippen LogP contribution in [0.25, 0.3) is 6.08 Å². The van der Waals surface area contributed by atoms with Crippen molar-refractivity contribution in [2.45, 2.75) is 26.3 Å². The molecule has 1 amide bonds. The zero-order valence-electron chi connectivity index (χ0n) is 21.1. The summed E-state index contributed by atoms with van der Waals surface area (Å²) in [5.74, 6) is -0.403. The summed E-state index contributed by atoms with van der Waals surface area (Å²) in [6.45, 7) is 4.99. The van der Waals surface area contributed by atoms with Crippen LogP contribution in [-0.2, 0) is 16.0 Å². The number of allylic oxidation sites excluding steroid dienone is 1. The fourth-order valence-electron chi connectivity index (χ4n) is 4.44. The molecule has 37 heavy (non-hydrogen) atoms. The quantitative estimate of drug-likeness (QED) is 0.344. The van der Waals surface area contributed by atoms with Crippen LogP contribution < -0.4 is 9.47 Å². The standard InChI is InChI=1S/C31H31NO5/c1-3-36-26-18-16-24(21-27(26)37-4-2)29-28(25(33)17-15-22-11-7-5-8-12-22)30(34)31(35)32(29)20-19-23-13-9-6-10-14-23/h5-18,21,29,34H,3-4,19-20H2,1-2H3/b17-15+. The summed E-state index contributed by atoms with van der Waals surface area (Å²) in [6, 6.07) is 23.8. The Kier molecular flexibility index (Phi) is 8.41. The van der Waals surface area contributed by atoms with E-state index < -0.39 is 23.5 Å². The highest BCUT2D eigenvalue weighted by Gasteiger charge is 2.43. The van der Waals surface area contributed by atoms with E-state index in [4.69, 9.17) is 9.47 Å². The minimum Gasteiger partial charge on any atom is -0.503 e. The van der Waals surface area contributed by atoms with Gasteiger partial charge in [0, 0.05) is 6.54 Å². The van der Waals surface area contributed by atoms with Crippen LogP contribution in [0.5, 0.6) is 11.5 Å². The molecular weight excluding hydrogens is 466 g/mol. The highest BCUT2D eigenvalue weighted by molar-refractivity contribution is 6.14. The minimum atomic E-state index is -0.765. The van der Waals surface area contributed by atoms with Crippen LogP contribution in [0.1, 0.15) is 36.6 Å². The molecular formula is C31H31NO5. The third kappa shape index (κ3) is 5.92. The minimum absolute atomic E-state index is 0.0526. The lowest BCUT2D eigenvalue weighted by Crippen LogP contribution is -2.33. The van der Waals surface area contributed by atoms with Gasteiger partial charge in [-0.1, -0.05) is 72.8 Å². The summed E-state index contributed by atoms with van der Waals surface area (Å²) >= 11 is 0. The van der Waals surface area contributed by atoms with Crippen molar-refractivity contribution in [3.8, 4) is 11.5 Å². The molecule has 1 aliphatic rings. The molecule has 0 bridgehead atoms. The van der Waals surface area contributed by atoms with Crippen LogP contribution >= 0.6 is 0 Å². The van der Waals surface area contributed by atoms with Crippen molar-refractivity contribution in [2.75, 3.05) is 19.8 Å². The first kappa shape index (κ1) is 25.8. The summed E-state index contributed by atoms with van der Waals surface area (Å²) < 4.78 is 11.5. The van der Waals surface area contributed by atoms with Crippen molar-refractivity contribution >= 4 is 17.8 Å². The zero-order valence-corrected chi connectivity index (χ0v) is 21.1. The van der Waals surface area contributed by atoms with Crippen molar-refractivity contribution < 1.29 is 24.2 Å². The van der Waals surface area contributed by atoms with Crippen LogP contribution in [0.4, 0.5) is 0 Å². The second-order valence-electron chi connectivity index (χ2n) is 8.58. The Morgan fingerprint density at radius 3 is 2.24 bits per heavy atom. The molecule has 1 unspecified atom stereocenters. The maximum absolute atomic E-state index is 13.4. The SMILES string of the molecule is CCOc1ccc(C2C(C(=O)/C=C/c3ccccc3)=C(O)C(=O)N2CCc2ccccc2)cc1OCC. The van der Waals surface area contributed by atoms with Gasteiger partial charge in [0.25, 0.3) is 5.91 Å². The topological polar surface area (TPSA) is 76.1 Å². The molecule has 1 aliphatic heterocycles. The van der Waals surface area contributed by atoms with Gasteiger partial charge in [0.15, 0.2) is 23.0 Å². The molecule has 0 saturated heterocycles. The third-order valence-electron chi connectivity index (χ3n) is 6.16. The molecule has 6 nitrogen and oxygen atoms in total. The predicted octanol–water partition coefficient (Wildman–Crippen LogP) is 5.70. The highest BCUT2D eigenvalue weighted by atomic mass is 16.5. The van der Waals surface area contributed by atoms with E-state index in [1.807, 2.05) is 80.6 Å². The first-order valence-electron chi connectivity index (χ1n) is 12.5. The third-order valence-corrected chi connectivity index (χ3v) is 6.16. The number of nitrogens with zero attached hydrogens (tertiary/aromatic N) is 1. The van der Waals surface area contributed by atoms with Gasteiger partial charge >= 0.3 is 0 Å². The zero-order chi connectivity index (χ0) is 26.2.